The third kappa shape index (κ3) is 3.75. The zero-order valence-electron chi connectivity index (χ0n) is 10.3. The molecule has 1 saturated heterocycles. The third-order valence-corrected chi connectivity index (χ3v) is 5.62. The molecule has 10 heteroatoms. The van der Waals surface area contributed by atoms with Crippen LogP contribution in [0.15, 0.2) is 21.5 Å². The standard InChI is InChI=1S/C11H9BrCl2N2O4S/c12-5-3-6(13)10(7(14)4-5)21(19,20)16-8-1-2-9(17)15-11(8)18/h3-4,8,16H,1-2H2,(H,15,17,18). The molecular formula is C11H9BrCl2N2O4S. The van der Waals surface area contributed by atoms with E-state index >= 15 is 0 Å². The summed E-state index contributed by atoms with van der Waals surface area (Å²) in [5.41, 5.74) is 0. The Morgan fingerprint density at radius 1 is 1.24 bits per heavy atom. The maximum absolute atomic E-state index is 12.3. The number of carbonyl (C=O) groups excluding carboxylic acids is 2. The number of imide groups is 1. The highest BCUT2D eigenvalue weighted by atomic mass is 79.9. The largest absolute Gasteiger partial charge is 0.295 e. The Labute approximate surface area is 139 Å². The van der Waals surface area contributed by atoms with E-state index in [1.807, 2.05) is 0 Å². The van der Waals surface area contributed by atoms with Gasteiger partial charge in [0.15, 0.2) is 0 Å². The number of benzene rings is 1. The maximum atomic E-state index is 12.3. The normalized spacial score (nSPS) is 19.5. The van der Waals surface area contributed by atoms with Gasteiger partial charge in [-0.1, -0.05) is 39.1 Å². The van der Waals surface area contributed by atoms with Crippen molar-refractivity contribution in [1.29, 1.82) is 0 Å². The molecule has 1 unspecified atom stereocenters. The highest BCUT2D eigenvalue weighted by Gasteiger charge is 2.32. The monoisotopic (exact) mass is 414 g/mol. The van der Waals surface area contributed by atoms with E-state index in [9.17, 15) is 18.0 Å². The van der Waals surface area contributed by atoms with Crippen molar-refractivity contribution in [2.45, 2.75) is 23.8 Å². The molecule has 2 N–H and O–H groups in total. The molecule has 1 aliphatic rings. The van der Waals surface area contributed by atoms with E-state index in [4.69, 9.17) is 23.2 Å². The van der Waals surface area contributed by atoms with Crippen molar-refractivity contribution in [3.63, 3.8) is 0 Å². The molecule has 1 fully saturated rings. The summed E-state index contributed by atoms with van der Waals surface area (Å²) in [7, 11) is -4.10. The van der Waals surface area contributed by atoms with Crippen LogP contribution in [0.25, 0.3) is 0 Å². The molecule has 0 bridgehead atoms. The smallest absolute Gasteiger partial charge is 0.244 e. The summed E-state index contributed by atoms with van der Waals surface area (Å²) in [5.74, 6) is -1.13. The van der Waals surface area contributed by atoms with Crippen molar-refractivity contribution in [2.24, 2.45) is 0 Å². The molecule has 1 aromatic rings. The maximum Gasteiger partial charge on any atom is 0.244 e. The van der Waals surface area contributed by atoms with Crippen molar-refractivity contribution in [2.75, 3.05) is 0 Å². The van der Waals surface area contributed by atoms with Crippen LogP contribution in [0.4, 0.5) is 0 Å². The summed E-state index contributed by atoms with van der Waals surface area (Å²) in [6.45, 7) is 0. The summed E-state index contributed by atoms with van der Waals surface area (Å²) in [6.07, 6.45) is 0.135. The van der Waals surface area contributed by atoms with Crippen LogP contribution in [0.2, 0.25) is 10.0 Å². The molecule has 1 atom stereocenters. The zero-order chi connectivity index (χ0) is 15.8. The second-order valence-electron chi connectivity index (χ2n) is 4.32. The minimum atomic E-state index is -4.10. The van der Waals surface area contributed by atoms with Gasteiger partial charge in [-0.25, -0.2) is 8.42 Å². The summed E-state index contributed by atoms with van der Waals surface area (Å²) < 4.78 is 27.4. The van der Waals surface area contributed by atoms with Crippen LogP contribution in [0.3, 0.4) is 0 Å². The number of halogens is 3. The van der Waals surface area contributed by atoms with Crippen molar-refractivity contribution >= 4 is 61.0 Å². The Morgan fingerprint density at radius 2 is 1.81 bits per heavy atom. The quantitative estimate of drug-likeness (QED) is 0.736. The van der Waals surface area contributed by atoms with Crippen molar-refractivity contribution in [1.82, 2.24) is 10.0 Å². The average molecular weight is 416 g/mol. The predicted molar refractivity (Wildman–Crippen MR) is 80.7 cm³/mol. The summed E-state index contributed by atoms with van der Waals surface area (Å²) >= 11 is 15.0. The second-order valence-corrected chi connectivity index (χ2v) is 7.70. The molecule has 21 heavy (non-hydrogen) atoms. The Balaban J connectivity index is 2.31. The van der Waals surface area contributed by atoms with Crippen molar-refractivity contribution < 1.29 is 18.0 Å². The number of sulfonamides is 1. The number of rotatable bonds is 3. The number of hydrogen-bond donors (Lipinski definition) is 2. The molecule has 0 aromatic heterocycles. The van der Waals surface area contributed by atoms with E-state index in [-0.39, 0.29) is 27.8 Å². The van der Waals surface area contributed by atoms with Gasteiger partial charge in [0.05, 0.1) is 10.0 Å². The lowest BCUT2D eigenvalue weighted by molar-refractivity contribution is -0.134. The van der Waals surface area contributed by atoms with Crippen LogP contribution >= 0.6 is 39.1 Å². The lowest BCUT2D eigenvalue weighted by Crippen LogP contribution is -2.52. The predicted octanol–water partition coefficient (Wildman–Crippen LogP) is 1.84. The molecule has 0 spiro atoms. The number of nitrogens with one attached hydrogen (secondary N) is 2. The van der Waals surface area contributed by atoms with Gasteiger partial charge in [0.25, 0.3) is 0 Å². The van der Waals surface area contributed by atoms with Gasteiger partial charge >= 0.3 is 0 Å². The van der Waals surface area contributed by atoms with E-state index in [0.29, 0.717) is 4.47 Å². The van der Waals surface area contributed by atoms with Gasteiger partial charge in [0.2, 0.25) is 21.8 Å². The Morgan fingerprint density at radius 3 is 2.33 bits per heavy atom. The van der Waals surface area contributed by atoms with Gasteiger partial charge in [0, 0.05) is 10.9 Å². The van der Waals surface area contributed by atoms with Gasteiger partial charge in [-0.15, -0.1) is 0 Å². The van der Waals surface area contributed by atoms with Crippen LogP contribution in [-0.2, 0) is 19.6 Å². The van der Waals surface area contributed by atoms with Crippen molar-refractivity contribution in [3.05, 3.63) is 26.7 Å². The third-order valence-electron chi connectivity index (χ3n) is 2.77. The Hall–Kier alpha value is -0.670. The minimum Gasteiger partial charge on any atom is -0.295 e. The fourth-order valence-corrected chi connectivity index (χ4v) is 5.00. The van der Waals surface area contributed by atoms with Gasteiger partial charge in [-0.05, 0) is 18.6 Å². The van der Waals surface area contributed by atoms with Crippen LogP contribution in [-0.4, -0.2) is 26.3 Å². The summed E-state index contributed by atoms with van der Waals surface area (Å²) in [5, 5.41) is 1.91. The molecule has 1 aromatic carbocycles. The molecule has 0 radical (unpaired) electrons. The first-order valence-corrected chi connectivity index (χ1v) is 8.74. The summed E-state index contributed by atoms with van der Waals surface area (Å²) in [4.78, 5) is 22.3. The topological polar surface area (TPSA) is 92.3 Å². The molecule has 2 rings (SSSR count). The lowest BCUT2D eigenvalue weighted by atomic mass is 10.1. The van der Waals surface area contributed by atoms with Crippen LogP contribution in [0.5, 0.6) is 0 Å². The van der Waals surface area contributed by atoms with Crippen LogP contribution < -0.4 is 10.0 Å². The molecule has 0 saturated carbocycles. The SMILES string of the molecule is O=C1CCC(NS(=O)(=O)c2c(Cl)cc(Br)cc2Cl)C(=O)N1. The van der Waals surface area contributed by atoms with Gasteiger partial charge in [0.1, 0.15) is 10.9 Å². The van der Waals surface area contributed by atoms with E-state index < -0.39 is 27.9 Å². The highest BCUT2D eigenvalue weighted by Crippen LogP contribution is 2.33. The van der Waals surface area contributed by atoms with E-state index in [0.717, 1.165) is 0 Å². The van der Waals surface area contributed by atoms with E-state index in [1.165, 1.54) is 12.1 Å². The van der Waals surface area contributed by atoms with E-state index in [1.54, 1.807) is 0 Å². The molecule has 114 valence electrons. The van der Waals surface area contributed by atoms with Gasteiger partial charge in [-0.2, -0.15) is 4.72 Å². The zero-order valence-corrected chi connectivity index (χ0v) is 14.2. The minimum absolute atomic E-state index is 0.0563. The lowest BCUT2D eigenvalue weighted by Gasteiger charge is -2.22. The highest BCUT2D eigenvalue weighted by molar-refractivity contribution is 9.10. The van der Waals surface area contributed by atoms with Gasteiger partial charge < -0.3 is 0 Å². The molecular weight excluding hydrogens is 407 g/mol. The molecule has 6 nitrogen and oxygen atoms in total. The van der Waals surface area contributed by atoms with Crippen LogP contribution in [0.1, 0.15) is 12.8 Å². The number of amides is 2. The van der Waals surface area contributed by atoms with E-state index in [2.05, 4.69) is 26.0 Å². The Bertz CT molecular complexity index is 700. The first kappa shape index (κ1) is 16.7. The number of carbonyl (C=O) groups is 2. The first-order chi connectivity index (χ1) is 9.70. The number of hydrogen-bond acceptors (Lipinski definition) is 4. The van der Waals surface area contributed by atoms with Crippen molar-refractivity contribution in [3.8, 4) is 0 Å². The fraction of sp³-hybridized carbons (Fsp3) is 0.273. The van der Waals surface area contributed by atoms with Gasteiger partial charge in [-0.3, -0.25) is 14.9 Å². The molecule has 2 amide bonds. The number of piperidine rings is 1. The molecule has 1 aliphatic heterocycles. The van der Waals surface area contributed by atoms with Crippen LogP contribution in [0, 0.1) is 0 Å². The summed E-state index contributed by atoms with van der Waals surface area (Å²) in [6, 6.07) is 1.72. The Kier molecular flexibility index (Phi) is 4.94. The molecule has 0 aliphatic carbocycles. The average Bonchev–Trinajstić information content (AvgIpc) is 2.30. The first-order valence-electron chi connectivity index (χ1n) is 5.71. The molecule has 1 heterocycles. The second kappa shape index (κ2) is 6.21. The fourth-order valence-electron chi connectivity index (χ4n) is 1.84.